The Bertz CT molecular complexity index is 140. The molecule has 84 valence electrons. The van der Waals surface area contributed by atoms with Crippen molar-refractivity contribution in [3.05, 3.63) is 0 Å². The van der Waals surface area contributed by atoms with E-state index in [2.05, 4.69) is 14.2 Å². The molecule has 0 aliphatic heterocycles. The second kappa shape index (κ2) is 5.94. The van der Waals surface area contributed by atoms with E-state index < -0.39 is 12.1 Å². The summed E-state index contributed by atoms with van der Waals surface area (Å²) in [7, 11) is 0. The van der Waals surface area contributed by atoms with E-state index in [4.69, 9.17) is 0 Å². The molecule has 2 saturated carbocycles. The van der Waals surface area contributed by atoms with Crippen molar-refractivity contribution < 1.29 is 0 Å². The Balaban J connectivity index is 1.82. The minimum absolute atomic E-state index is 0.497. The summed E-state index contributed by atoms with van der Waals surface area (Å²) >= 11 is 2.68. The fourth-order valence-corrected chi connectivity index (χ4v) is 13.0. The molecule has 0 nitrogen and oxygen atoms in total. The Morgan fingerprint density at radius 3 is 1.36 bits per heavy atom. The second-order valence-corrected chi connectivity index (χ2v) is 14.7. The van der Waals surface area contributed by atoms with Crippen LogP contribution in [0.15, 0.2) is 0 Å². The van der Waals surface area contributed by atoms with Gasteiger partial charge in [-0.3, -0.25) is 0 Å². The van der Waals surface area contributed by atoms with E-state index in [0.717, 1.165) is 0 Å². The standard InChI is InChI=1S/C12H24Se2/c13-14(11-7-3-1-4-8-11)12-9-5-2-6-10-12/h11-14H,1-10H2. The van der Waals surface area contributed by atoms with E-state index in [1.807, 2.05) is 0 Å². The van der Waals surface area contributed by atoms with Gasteiger partial charge < -0.3 is 0 Å². The third-order valence-corrected chi connectivity index (χ3v) is 16.3. The number of hydrogen-bond donors (Lipinski definition) is 0. The van der Waals surface area contributed by atoms with E-state index >= 15 is 0 Å². The van der Waals surface area contributed by atoms with Crippen LogP contribution < -0.4 is 0 Å². The first-order valence-electron chi connectivity index (χ1n) is 6.35. The van der Waals surface area contributed by atoms with E-state index in [0.29, 0.717) is 0 Å². The van der Waals surface area contributed by atoms with Crippen molar-refractivity contribution in [3.63, 3.8) is 0 Å². The van der Waals surface area contributed by atoms with Gasteiger partial charge in [-0.15, -0.1) is 0 Å². The van der Waals surface area contributed by atoms with Crippen LogP contribution in [-0.4, -0.2) is 26.3 Å². The summed E-state index contributed by atoms with van der Waals surface area (Å²) in [6.45, 7) is 0. The molecular weight excluding hydrogens is 302 g/mol. The van der Waals surface area contributed by atoms with Crippen molar-refractivity contribution in [1.29, 1.82) is 0 Å². The van der Waals surface area contributed by atoms with Gasteiger partial charge in [0.05, 0.1) is 0 Å². The molecule has 0 atom stereocenters. The maximum absolute atomic E-state index is 3.18. The van der Waals surface area contributed by atoms with Gasteiger partial charge in [0.1, 0.15) is 0 Å². The van der Waals surface area contributed by atoms with Crippen LogP contribution in [0.1, 0.15) is 64.2 Å². The van der Waals surface area contributed by atoms with Gasteiger partial charge in [-0.2, -0.15) is 0 Å². The van der Waals surface area contributed by atoms with Gasteiger partial charge in [0.25, 0.3) is 0 Å². The first kappa shape index (κ1) is 11.5. The number of hydrogen-bond acceptors (Lipinski definition) is 0. The quantitative estimate of drug-likeness (QED) is 0.683. The molecule has 0 saturated heterocycles. The molecule has 2 aliphatic carbocycles. The van der Waals surface area contributed by atoms with Crippen LogP contribution in [0, 0.1) is 0 Å². The van der Waals surface area contributed by atoms with Crippen molar-refractivity contribution in [2.24, 2.45) is 0 Å². The molecule has 2 heteroatoms. The van der Waals surface area contributed by atoms with E-state index in [9.17, 15) is 0 Å². The van der Waals surface area contributed by atoms with Crippen molar-refractivity contribution in [1.82, 2.24) is 0 Å². The number of rotatable bonds is 2. The summed E-state index contributed by atoms with van der Waals surface area (Å²) in [4.78, 5) is 2.42. The fourth-order valence-electron chi connectivity index (χ4n) is 2.99. The predicted molar refractivity (Wildman–Crippen MR) is 68.0 cm³/mol. The fraction of sp³-hybridized carbons (Fsp3) is 1.00. The van der Waals surface area contributed by atoms with E-state index in [-0.39, 0.29) is 0 Å². The normalized spacial score (nSPS) is 27.6. The zero-order valence-corrected chi connectivity index (χ0v) is 12.9. The molecule has 0 amide bonds. The molecule has 2 aliphatic rings. The van der Waals surface area contributed by atoms with Gasteiger partial charge in [-0.25, -0.2) is 0 Å². The topological polar surface area (TPSA) is 0 Å². The average Bonchev–Trinajstić information content (AvgIpc) is 2.30. The SMILES string of the molecule is [SeH][SeH](C1CCCCC1)C1CCCCC1. The zero-order chi connectivity index (χ0) is 9.80. The summed E-state index contributed by atoms with van der Waals surface area (Å²) in [5.41, 5.74) is 0. The van der Waals surface area contributed by atoms with Crippen molar-refractivity contribution >= 4 is 26.3 Å². The summed E-state index contributed by atoms with van der Waals surface area (Å²) in [5, 5.41) is 0. The van der Waals surface area contributed by atoms with Crippen LogP contribution in [0.2, 0.25) is 9.63 Å². The summed E-state index contributed by atoms with van der Waals surface area (Å²) in [5.74, 6) is 0. The minimum atomic E-state index is -0.497. The zero-order valence-electron chi connectivity index (χ0n) is 9.12. The van der Waals surface area contributed by atoms with Gasteiger partial charge in [0.15, 0.2) is 0 Å². The molecule has 2 rings (SSSR count). The molecule has 0 unspecified atom stereocenters. The molecule has 0 heterocycles. The van der Waals surface area contributed by atoms with Crippen LogP contribution in [0.4, 0.5) is 0 Å². The van der Waals surface area contributed by atoms with Crippen LogP contribution >= 0.6 is 0 Å². The van der Waals surface area contributed by atoms with E-state index in [1.165, 1.54) is 22.5 Å². The molecular formula is C12H24Se2. The first-order valence-corrected chi connectivity index (χ1v) is 13.7. The Kier molecular flexibility index (Phi) is 4.89. The monoisotopic (exact) mass is 328 g/mol. The third-order valence-electron chi connectivity index (χ3n) is 3.90. The van der Waals surface area contributed by atoms with Crippen LogP contribution in [-0.2, 0) is 0 Å². The third kappa shape index (κ3) is 3.01. The molecule has 0 N–H and O–H groups in total. The molecule has 0 spiro atoms. The van der Waals surface area contributed by atoms with Gasteiger partial charge in [0.2, 0.25) is 0 Å². The van der Waals surface area contributed by atoms with Crippen LogP contribution in [0.5, 0.6) is 0 Å². The van der Waals surface area contributed by atoms with Crippen molar-refractivity contribution in [2.75, 3.05) is 0 Å². The summed E-state index contributed by atoms with van der Waals surface area (Å²) < 4.78 is 0. The summed E-state index contributed by atoms with van der Waals surface area (Å²) in [6, 6.07) is 0. The van der Waals surface area contributed by atoms with Gasteiger partial charge in [-0.05, 0) is 0 Å². The molecule has 2 fully saturated rings. The predicted octanol–water partition coefficient (Wildman–Crippen LogP) is 3.28. The Hall–Kier alpha value is 1.04. The molecule has 0 bridgehead atoms. The van der Waals surface area contributed by atoms with Crippen molar-refractivity contribution in [2.45, 2.75) is 73.8 Å². The molecule has 0 aromatic carbocycles. The molecule has 14 heavy (non-hydrogen) atoms. The maximum atomic E-state index is 3.18. The average molecular weight is 326 g/mol. The van der Waals surface area contributed by atoms with Gasteiger partial charge in [-0.1, -0.05) is 0 Å². The Labute approximate surface area is 99.9 Å². The van der Waals surface area contributed by atoms with Gasteiger partial charge in [0, 0.05) is 0 Å². The Morgan fingerprint density at radius 1 is 0.643 bits per heavy atom. The second-order valence-electron chi connectivity index (χ2n) is 4.96. The van der Waals surface area contributed by atoms with Crippen molar-refractivity contribution in [3.8, 4) is 0 Å². The molecule has 0 aromatic heterocycles. The van der Waals surface area contributed by atoms with E-state index in [1.54, 1.807) is 51.4 Å². The Morgan fingerprint density at radius 2 is 1.00 bits per heavy atom. The van der Waals surface area contributed by atoms with Gasteiger partial charge >= 0.3 is 100 Å². The summed E-state index contributed by atoms with van der Waals surface area (Å²) in [6.07, 6.45) is 15.6. The van der Waals surface area contributed by atoms with Crippen LogP contribution in [0.3, 0.4) is 0 Å². The van der Waals surface area contributed by atoms with Crippen LogP contribution in [0.25, 0.3) is 0 Å². The first-order chi connectivity index (χ1) is 6.88. The molecule has 0 radical (unpaired) electrons. The molecule has 0 aromatic rings.